The third kappa shape index (κ3) is 2.52. The number of hydrogen-bond acceptors (Lipinski definition) is 2. The summed E-state index contributed by atoms with van der Waals surface area (Å²) in [6.07, 6.45) is 3.17. The Hall–Kier alpha value is -1.06. The van der Waals surface area contributed by atoms with Crippen molar-refractivity contribution in [3.05, 3.63) is 35.4 Å². The van der Waals surface area contributed by atoms with E-state index in [9.17, 15) is 4.79 Å². The van der Waals surface area contributed by atoms with Crippen LogP contribution in [0.1, 0.15) is 29.9 Å². The van der Waals surface area contributed by atoms with Crippen LogP contribution in [0.15, 0.2) is 24.3 Å². The minimum atomic E-state index is 0. The van der Waals surface area contributed by atoms with Crippen molar-refractivity contribution in [1.82, 2.24) is 10.6 Å². The van der Waals surface area contributed by atoms with Crippen LogP contribution in [0, 0.1) is 0 Å². The number of hydrogen-bond donors (Lipinski definition) is 2. The summed E-state index contributed by atoms with van der Waals surface area (Å²) in [6.45, 7) is 2.00. The monoisotopic (exact) mass is 266 g/mol. The van der Waals surface area contributed by atoms with Gasteiger partial charge in [0, 0.05) is 12.6 Å². The lowest BCUT2D eigenvalue weighted by Crippen LogP contribution is -2.48. The molecular weight excluding hydrogens is 248 g/mol. The summed E-state index contributed by atoms with van der Waals surface area (Å²) in [5.41, 5.74) is 2.54. The molecule has 2 aliphatic rings. The standard InChI is InChI=1S/C14H18N2O.ClH/c17-14(16-11-5-3-7-15-9-11)13-8-10-4-1-2-6-12(10)13;/h1-2,4,6,11,13,15H,3,5,7-9H2,(H,16,17);1H/t11-,13?;/m0./s1. The van der Waals surface area contributed by atoms with Crippen LogP contribution in [0.3, 0.4) is 0 Å². The van der Waals surface area contributed by atoms with E-state index in [1.807, 2.05) is 12.1 Å². The molecule has 0 spiro atoms. The molecule has 0 radical (unpaired) electrons. The van der Waals surface area contributed by atoms with Crippen LogP contribution in [-0.2, 0) is 11.2 Å². The Kier molecular flexibility index (Phi) is 4.25. The van der Waals surface area contributed by atoms with Crippen molar-refractivity contribution in [3.8, 4) is 0 Å². The van der Waals surface area contributed by atoms with Gasteiger partial charge in [-0.1, -0.05) is 24.3 Å². The van der Waals surface area contributed by atoms with Crippen molar-refractivity contribution in [1.29, 1.82) is 0 Å². The second-order valence-electron chi connectivity index (χ2n) is 5.01. The Labute approximate surface area is 114 Å². The van der Waals surface area contributed by atoms with E-state index in [0.717, 1.165) is 32.4 Å². The largest absolute Gasteiger partial charge is 0.352 e. The fourth-order valence-corrected chi connectivity index (χ4v) is 2.77. The summed E-state index contributed by atoms with van der Waals surface area (Å²) in [4.78, 5) is 12.1. The molecule has 4 heteroatoms. The van der Waals surface area contributed by atoms with Crippen molar-refractivity contribution in [2.24, 2.45) is 0 Å². The first kappa shape index (κ1) is 13.4. The quantitative estimate of drug-likeness (QED) is 0.854. The topological polar surface area (TPSA) is 41.1 Å². The van der Waals surface area contributed by atoms with E-state index in [0.29, 0.717) is 6.04 Å². The molecule has 1 heterocycles. The molecule has 3 nitrogen and oxygen atoms in total. The lowest BCUT2D eigenvalue weighted by Gasteiger charge is -2.32. The molecule has 1 aliphatic heterocycles. The summed E-state index contributed by atoms with van der Waals surface area (Å²) in [6, 6.07) is 8.56. The van der Waals surface area contributed by atoms with Gasteiger partial charge in [0.05, 0.1) is 5.92 Å². The second-order valence-corrected chi connectivity index (χ2v) is 5.01. The number of rotatable bonds is 2. The third-order valence-electron chi connectivity index (χ3n) is 3.81. The van der Waals surface area contributed by atoms with Gasteiger partial charge >= 0.3 is 0 Å². The van der Waals surface area contributed by atoms with Gasteiger partial charge in [0.2, 0.25) is 5.91 Å². The molecule has 18 heavy (non-hydrogen) atoms. The summed E-state index contributed by atoms with van der Waals surface area (Å²) >= 11 is 0. The van der Waals surface area contributed by atoms with Crippen LogP contribution >= 0.6 is 12.4 Å². The van der Waals surface area contributed by atoms with Gasteiger partial charge in [0.25, 0.3) is 0 Å². The normalized spacial score (nSPS) is 25.3. The number of amides is 1. The van der Waals surface area contributed by atoms with Gasteiger partial charge in [0.1, 0.15) is 0 Å². The van der Waals surface area contributed by atoms with Crippen LogP contribution in [0.25, 0.3) is 0 Å². The Balaban J connectivity index is 0.00000120. The Morgan fingerprint density at radius 1 is 1.33 bits per heavy atom. The number of nitrogens with one attached hydrogen (secondary N) is 2. The highest BCUT2D eigenvalue weighted by Crippen LogP contribution is 2.34. The molecule has 1 amide bonds. The SMILES string of the molecule is Cl.O=C(N[C@H]1CCCNC1)C1Cc2ccccc21. The molecule has 2 N–H and O–H groups in total. The maximum Gasteiger partial charge on any atom is 0.228 e. The molecular formula is C14H19ClN2O. The van der Waals surface area contributed by atoms with Crippen molar-refractivity contribution in [2.75, 3.05) is 13.1 Å². The van der Waals surface area contributed by atoms with Crippen LogP contribution < -0.4 is 10.6 Å². The van der Waals surface area contributed by atoms with Crippen molar-refractivity contribution < 1.29 is 4.79 Å². The van der Waals surface area contributed by atoms with Gasteiger partial charge in [-0.3, -0.25) is 4.79 Å². The van der Waals surface area contributed by atoms with Gasteiger partial charge in [-0.05, 0) is 36.9 Å². The predicted octanol–water partition coefficient (Wildman–Crippen LogP) is 1.62. The molecule has 1 fully saturated rings. The second kappa shape index (κ2) is 5.72. The predicted molar refractivity (Wildman–Crippen MR) is 74.2 cm³/mol. The van der Waals surface area contributed by atoms with Gasteiger partial charge < -0.3 is 10.6 Å². The van der Waals surface area contributed by atoms with Gasteiger partial charge in [-0.25, -0.2) is 0 Å². The number of carbonyl (C=O) groups excluding carboxylic acids is 1. The number of fused-ring (bicyclic) bond motifs is 1. The average molecular weight is 267 g/mol. The summed E-state index contributed by atoms with van der Waals surface area (Å²) in [5, 5.41) is 6.48. The fraction of sp³-hybridized carbons (Fsp3) is 0.500. The lowest BCUT2D eigenvalue weighted by molar-refractivity contribution is -0.123. The minimum Gasteiger partial charge on any atom is -0.352 e. The molecule has 3 rings (SSSR count). The number of halogens is 1. The summed E-state index contributed by atoms with van der Waals surface area (Å²) in [7, 11) is 0. The number of carbonyl (C=O) groups is 1. The lowest BCUT2D eigenvalue weighted by atomic mass is 9.77. The van der Waals surface area contributed by atoms with E-state index < -0.39 is 0 Å². The molecule has 1 aromatic rings. The van der Waals surface area contributed by atoms with E-state index >= 15 is 0 Å². The summed E-state index contributed by atoms with van der Waals surface area (Å²) < 4.78 is 0. The first-order chi connectivity index (χ1) is 8.34. The zero-order chi connectivity index (χ0) is 11.7. The minimum absolute atomic E-state index is 0. The van der Waals surface area contributed by atoms with Gasteiger partial charge in [-0.15, -0.1) is 12.4 Å². The maximum atomic E-state index is 12.1. The average Bonchev–Trinajstić information content (AvgIpc) is 2.32. The molecule has 1 aromatic carbocycles. The first-order valence-electron chi connectivity index (χ1n) is 6.43. The van der Waals surface area contributed by atoms with Crippen LogP contribution in [0.4, 0.5) is 0 Å². The maximum absolute atomic E-state index is 12.1. The highest BCUT2D eigenvalue weighted by Gasteiger charge is 2.32. The smallest absolute Gasteiger partial charge is 0.228 e. The number of benzene rings is 1. The van der Waals surface area contributed by atoms with E-state index in [1.165, 1.54) is 11.1 Å². The molecule has 98 valence electrons. The van der Waals surface area contributed by atoms with E-state index in [4.69, 9.17) is 0 Å². The Morgan fingerprint density at radius 2 is 2.17 bits per heavy atom. The van der Waals surface area contributed by atoms with Gasteiger partial charge in [0.15, 0.2) is 0 Å². The molecule has 2 atom stereocenters. The highest BCUT2D eigenvalue weighted by atomic mass is 35.5. The third-order valence-corrected chi connectivity index (χ3v) is 3.81. The molecule has 1 aliphatic carbocycles. The van der Waals surface area contributed by atoms with Gasteiger partial charge in [-0.2, -0.15) is 0 Å². The molecule has 0 bridgehead atoms. The highest BCUT2D eigenvalue weighted by molar-refractivity contribution is 5.87. The zero-order valence-electron chi connectivity index (χ0n) is 10.3. The molecule has 1 unspecified atom stereocenters. The Bertz CT molecular complexity index is 430. The summed E-state index contributed by atoms with van der Waals surface area (Å²) in [5.74, 6) is 0.297. The van der Waals surface area contributed by atoms with Crippen molar-refractivity contribution in [2.45, 2.75) is 31.2 Å². The van der Waals surface area contributed by atoms with Crippen LogP contribution in [0.2, 0.25) is 0 Å². The number of piperidine rings is 1. The zero-order valence-corrected chi connectivity index (χ0v) is 11.1. The Morgan fingerprint density at radius 3 is 2.89 bits per heavy atom. The van der Waals surface area contributed by atoms with Crippen LogP contribution in [-0.4, -0.2) is 25.0 Å². The van der Waals surface area contributed by atoms with E-state index in [-0.39, 0.29) is 24.2 Å². The van der Waals surface area contributed by atoms with Crippen molar-refractivity contribution >= 4 is 18.3 Å². The van der Waals surface area contributed by atoms with E-state index in [1.54, 1.807) is 0 Å². The molecule has 0 aromatic heterocycles. The molecule has 0 saturated carbocycles. The van der Waals surface area contributed by atoms with Crippen LogP contribution in [0.5, 0.6) is 0 Å². The van der Waals surface area contributed by atoms with E-state index in [2.05, 4.69) is 22.8 Å². The van der Waals surface area contributed by atoms with Crippen molar-refractivity contribution in [3.63, 3.8) is 0 Å². The molecule has 1 saturated heterocycles. The fourth-order valence-electron chi connectivity index (χ4n) is 2.77. The first-order valence-corrected chi connectivity index (χ1v) is 6.43.